The minimum absolute atomic E-state index is 0.135. The average molecular weight is 283 g/mol. The molecular formula is C18H21NO2. The van der Waals surface area contributed by atoms with Crippen LogP contribution in [0.4, 0.5) is 0 Å². The molecule has 1 heterocycles. The minimum atomic E-state index is -0.135. The molecule has 21 heavy (non-hydrogen) atoms. The maximum absolute atomic E-state index is 6.58. The van der Waals surface area contributed by atoms with Gasteiger partial charge in [0.2, 0.25) is 0 Å². The first kappa shape index (κ1) is 14.0. The summed E-state index contributed by atoms with van der Waals surface area (Å²) < 4.78 is 11.3. The van der Waals surface area contributed by atoms with Crippen molar-refractivity contribution >= 4 is 0 Å². The maximum atomic E-state index is 6.58. The molecule has 2 aromatic carbocycles. The Labute approximate surface area is 125 Å². The van der Waals surface area contributed by atoms with Gasteiger partial charge in [0, 0.05) is 23.1 Å². The van der Waals surface area contributed by atoms with E-state index in [4.69, 9.17) is 15.2 Å². The zero-order valence-electron chi connectivity index (χ0n) is 12.7. The summed E-state index contributed by atoms with van der Waals surface area (Å²) in [5.41, 5.74) is 11.2. The van der Waals surface area contributed by atoms with Crippen LogP contribution in [-0.4, -0.2) is 13.7 Å². The molecule has 0 bridgehead atoms. The monoisotopic (exact) mass is 283 g/mol. The van der Waals surface area contributed by atoms with Crippen molar-refractivity contribution < 1.29 is 9.47 Å². The number of para-hydroxylation sites is 1. The van der Waals surface area contributed by atoms with Crippen LogP contribution in [-0.2, 0) is 0 Å². The van der Waals surface area contributed by atoms with Crippen molar-refractivity contribution in [2.24, 2.45) is 5.73 Å². The fourth-order valence-corrected chi connectivity index (χ4v) is 3.22. The van der Waals surface area contributed by atoms with Gasteiger partial charge in [-0.05, 0) is 37.1 Å². The molecule has 110 valence electrons. The Balaban J connectivity index is 2.02. The lowest BCUT2D eigenvalue weighted by Crippen LogP contribution is -2.22. The molecule has 3 nitrogen and oxygen atoms in total. The molecule has 2 N–H and O–H groups in total. The van der Waals surface area contributed by atoms with E-state index in [1.165, 1.54) is 16.7 Å². The van der Waals surface area contributed by atoms with E-state index < -0.39 is 0 Å². The van der Waals surface area contributed by atoms with Crippen LogP contribution in [0, 0.1) is 13.8 Å². The lowest BCUT2D eigenvalue weighted by molar-refractivity contribution is 0.312. The largest absolute Gasteiger partial charge is 0.496 e. The highest BCUT2D eigenvalue weighted by Crippen LogP contribution is 2.43. The van der Waals surface area contributed by atoms with Gasteiger partial charge in [0.1, 0.15) is 11.5 Å². The predicted molar refractivity (Wildman–Crippen MR) is 84.1 cm³/mol. The van der Waals surface area contributed by atoms with Crippen molar-refractivity contribution in [3.63, 3.8) is 0 Å². The van der Waals surface area contributed by atoms with Gasteiger partial charge in [-0.1, -0.05) is 24.3 Å². The maximum Gasteiger partial charge on any atom is 0.124 e. The molecule has 3 heteroatoms. The molecule has 1 aliphatic rings. The van der Waals surface area contributed by atoms with E-state index in [0.29, 0.717) is 6.61 Å². The number of nitrogens with two attached hydrogens (primary N) is 1. The Hall–Kier alpha value is -2.00. The first-order chi connectivity index (χ1) is 10.1. The van der Waals surface area contributed by atoms with E-state index in [1.54, 1.807) is 7.11 Å². The lowest BCUT2D eigenvalue weighted by atomic mass is 9.86. The van der Waals surface area contributed by atoms with Crippen molar-refractivity contribution in [1.82, 2.24) is 0 Å². The second-order valence-corrected chi connectivity index (χ2v) is 5.68. The van der Waals surface area contributed by atoms with E-state index in [-0.39, 0.29) is 12.0 Å². The highest BCUT2D eigenvalue weighted by atomic mass is 16.5. The Morgan fingerprint density at radius 3 is 2.76 bits per heavy atom. The van der Waals surface area contributed by atoms with Crippen LogP contribution in [0.5, 0.6) is 11.5 Å². The molecule has 0 amide bonds. The second-order valence-electron chi connectivity index (χ2n) is 5.68. The summed E-state index contributed by atoms with van der Waals surface area (Å²) in [6.45, 7) is 4.78. The molecule has 0 radical (unpaired) electrons. The second kappa shape index (κ2) is 5.41. The van der Waals surface area contributed by atoms with Crippen LogP contribution >= 0.6 is 0 Å². The van der Waals surface area contributed by atoms with Gasteiger partial charge in [-0.3, -0.25) is 0 Å². The first-order valence-corrected chi connectivity index (χ1v) is 7.24. The van der Waals surface area contributed by atoms with Crippen LogP contribution in [0.3, 0.4) is 0 Å². The molecule has 0 aromatic heterocycles. The molecule has 2 atom stereocenters. The van der Waals surface area contributed by atoms with Gasteiger partial charge >= 0.3 is 0 Å². The number of aryl methyl sites for hydroxylation is 2. The van der Waals surface area contributed by atoms with Gasteiger partial charge < -0.3 is 15.2 Å². The van der Waals surface area contributed by atoms with Crippen molar-refractivity contribution in [2.75, 3.05) is 13.7 Å². The number of rotatable bonds is 3. The summed E-state index contributed by atoms with van der Waals surface area (Å²) in [5.74, 6) is 1.97. The fraction of sp³-hybridized carbons (Fsp3) is 0.333. The van der Waals surface area contributed by atoms with Gasteiger partial charge in [-0.2, -0.15) is 0 Å². The zero-order valence-corrected chi connectivity index (χ0v) is 12.7. The molecule has 1 aliphatic heterocycles. The molecule has 2 aromatic rings. The summed E-state index contributed by atoms with van der Waals surface area (Å²) >= 11 is 0. The third-order valence-electron chi connectivity index (χ3n) is 4.22. The summed E-state index contributed by atoms with van der Waals surface area (Å²) in [7, 11) is 1.70. The predicted octanol–water partition coefficient (Wildman–Crippen LogP) is 3.49. The van der Waals surface area contributed by atoms with Gasteiger partial charge in [0.15, 0.2) is 0 Å². The summed E-state index contributed by atoms with van der Waals surface area (Å²) in [6, 6.07) is 12.2. The number of ether oxygens (including phenoxy) is 2. The fourth-order valence-electron chi connectivity index (χ4n) is 3.22. The van der Waals surface area contributed by atoms with Gasteiger partial charge in [-0.15, -0.1) is 0 Å². The molecule has 3 rings (SSSR count). The van der Waals surface area contributed by atoms with Crippen molar-refractivity contribution in [2.45, 2.75) is 25.8 Å². The standard InChI is InChI=1S/C18H21NO2/c1-11-8-12(2)17(16(9-11)20-3)18(19)14-10-21-15-7-5-4-6-13(14)15/h4-9,14,18H,10,19H2,1-3H3. The third-order valence-corrected chi connectivity index (χ3v) is 4.22. The SMILES string of the molecule is COc1cc(C)cc(C)c1C(N)C1COc2ccccc21. The van der Waals surface area contributed by atoms with Gasteiger partial charge in [-0.25, -0.2) is 0 Å². The zero-order chi connectivity index (χ0) is 15.0. The smallest absolute Gasteiger partial charge is 0.124 e. The van der Waals surface area contributed by atoms with E-state index in [9.17, 15) is 0 Å². The number of benzene rings is 2. The normalized spacial score (nSPS) is 18.0. The molecular weight excluding hydrogens is 262 g/mol. The topological polar surface area (TPSA) is 44.5 Å². The van der Waals surface area contributed by atoms with Crippen LogP contribution in [0.1, 0.15) is 34.2 Å². The molecule has 0 saturated carbocycles. The molecule has 2 unspecified atom stereocenters. The Morgan fingerprint density at radius 2 is 2.00 bits per heavy atom. The Morgan fingerprint density at radius 1 is 1.24 bits per heavy atom. The minimum Gasteiger partial charge on any atom is -0.496 e. The quantitative estimate of drug-likeness (QED) is 0.937. The molecule has 0 spiro atoms. The van der Waals surface area contributed by atoms with Crippen molar-refractivity contribution in [3.05, 3.63) is 58.7 Å². The van der Waals surface area contributed by atoms with Crippen LogP contribution < -0.4 is 15.2 Å². The molecule has 0 saturated heterocycles. The number of hydrogen-bond donors (Lipinski definition) is 1. The van der Waals surface area contributed by atoms with Gasteiger partial charge in [0.25, 0.3) is 0 Å². The van der Waals surface area contributed by atoms with Crippen LogP contribution in [0.25, 0.3) is 0 Å². The van der Waals surface area contributed by atoms with E-state index in [0.717, 1.165) is 17.1 Å². The van der Waals surface area contributed by atoms with E-state index >= 15 is 0 Å². The van der Waals surface area contributed by atoms with Gasteiger partial charge in [0.05, 0.1) is 13.7 Å². The van der Waals surface area contributed by atoms with Crippen molar-refractivity contribution in [3.8, 4) is 11.5 Å². The van der Waals surface area contributed by atoms with Crippen LogP contribution in [0.2, 0.25) is 0 Å². The summed E-state index contributed by atoms with van der Waals surface area (Å²) in [5, 5.41) is 0. The highest BCUT2D eigenvalue weighted by molar-refractivity contribution is 5.49. The molecule has 0 aliphatic carbocycles. The number of fused-ring (bicyclic) bond motifs is 1. The third kappa shape index (κ3) is 2.38. The van der Waals surface area contributed by atoms with E-state index in [1.807, 2.05) is 24.3 Å². The highest BCUT2D eigenvalue weighted by Gasteiger charge is 2.32. The molecule has 0 fully saturated rings. The summed E-state index contributed by atoms with van der Waals surface area (Å²) in [6.07, 6.45) is 0. The van der Waals surface area contributed by atoms with Crippen molar-refractivity contribution in [1.29, 1.82) is 0 Å². The Bertz CT molecular complexity index is 666. The van der Waals surface area contributed by atoms with Crippen LogP contribution in [0.15, 0.2) is 36.4 Å². The first-order valence-electron chi connectivity index (χ1n) is 7.24. The Kier molecular flexibility index (Phi) is 3.60. The summed E-state index contributed by atoms with van der Waals surface area (Å²) in [4.78, 5) is 0. The van der Waals surface area contributed by atoms with E-state index in [2.05, 4.69) is 26.0 Å². The number of hydrogen-bond acceptors (Lipinski definition) is 3. The lowest BCUT2D eigenvalue weighted by Gasteiger charge is -2.23. The average Bonchev–Trinajstić information content (AvgIpc) is 2.89. The number of methoxy groups -OCH3 is 1.